The highest BCUT2D eigenvalue weighted by molar-refractivity contribution is 6.01. The highest BCUT2D eigenvalue weighted by Gasteiger charge is 2.33. The predicted octanol–water partition coefficient (Wildman–Crippen LogP) is 2.87. The molecule has 2 aromatic carbocycles. The lowest BCUT2D eigenvalue weighted by Gasteiger charge is -2.14. The third kappa shape index (κ3) is 4.51. The predicted molar refractivity (Wildman–Crippen MR) is 109 cm³/mol. The van der Waals surface area contributed by atoms with Gasteiger partial charge in [0.05, 0.1) is 24.6 Å². The number of hydrogen-bond donors (Lipinski definition) is 1. The molecule has 0 spiro atoms. The normalized spacial score (nSPS) is 20.3. The van der Waals surface area contributed by atoms with Crippen LogP contribution in [0.2, 0.25) is 0 Å². The summed E-state index contributed by atoms with van der Waals surface area (Å²) >= 11 is 0. The Kier molecular flexibility index (Phi) is 5.85. The number of oxime groups is 1. The number of nitrogens with zero attached hydrogens (tertiary/aromatic N) is 2. The molecule has 4 rings (SSSR count). The number of anilines is 1. The molecule has 8 nitrogen and oxygen atoms in total. The van der Waals surface area contributed by atoms with Crippen molar-refractivity contribution >= 4 is 23.5 Å². The second-order valence-corrected chi connectivity index (χ2v) is 7.31. The van der Waals surface area contributed by atoms with Gasteiger partial charge in [-0.1, -0.05) is 29.4 Å². The Hall–Kier alpha value is -3.46. The Morgan fingerprint density at radius 1 is 1.23 bits per heavy atom. The lowest BCUT2D eigenvalue weighted by atomic mass is 9.99. The summed E-state index contributed by atoms with van der Waals surface area (Å²) in [5, 5.41) is 13.1. The first-order valence-electron chi connectivity index (χ1n) is 9.80. The van der Waals surface area contributed by atoms with Gasteiger partial charge in [0.2, 0.25) is 0 Å². The van der Waals surface area contributed by atoms with E-state index in [1.807, 2.05) is 12.1 Å². The number of carbonyl (C=O) groups excluding carboxylic acids is 2. The fourth-order valence-corrected chi connectivity index (χ4v) is 3.47. The second-order valence-electron chi connectivity index (χ2n) is 7.31. The van der Waals surface area contributed by atoms with Crippen molar-refractivity contribution in [3.05, 3.63) is 53.8 Å². The number of hydrogen-bond acceptors (Lipinski definition) is 7. The number of aliphatic hydroxyl groups excluding tert-OH is 1. The van der Waals surface area contributed by atoms with E-state index in [9.17, 15) is 14.0 Å². The molecule has 2 atom stereocenters. The van der Waals surface area contributed by atoms with E-state index < -0.39 is 24.0 Å². The van der Waals surface area contributed by atoms with Gasteiger partial charge in [-0.25, -0.2) is 9.18 Å². The van der Waals surface area contributed by atoms with Crippen molar-refractivity contribution in [1.82, 2.24) is 0 Å². The average Bonchev–Trinajstić information content (AvgIpc) is 3.39. The fraction of sp³-hybridized carbons (Fsp3) is 0.318. The highest BCUT2D eigenvalue weighted by Crippen LogP contribution is 2.30. The van der Waals surface area contributed by atoms with Crippen LogP contribution >= 0.6 is 0 Å². The molecule has 0 saturated carbocycles. The van der Waals surface area contributed by atoms with E-state index >= 15 is 0 Å². The van der Waals surface area contributed by atoms with Crippen LogP contribution in [0.15, 0.2) is 47.6 Å². The summed E-state index contributed by atoms with van der Waals surface area (Å²) in [7, 11) is 0. The van der Waals surface area contributed by atoms with Gasteiger partial charge in [0.25, 0.3) is 0 Å². The van der Waals surface area contributed by atoms with E-state index in [1.165, 1.54) is 17.9 Å². The Labute approximate surface area is 177 Å². The van der Waals surface area contributed by atoms with Crippen molar-refractivity contribution in [1.29, 1.82) is 0 Å². The maximum Gasteiger partial charge on any atom is 0.414 e. The van der Waals surface area contributed by atoms with Gasteiger partial charge in [-0.2, -0.15) is 0 Å². The average molecular weight is 428 g/mol. The lowest BCUT2D eigenvalue weighted by molar-refractivity contribution is -0.143. The zero-order valence-electron chi connectivity index (χ0n) is 16.8. The molecule has 1 saturated heterocycles. The minimum atomic E-state index is -0.616. The van der Waals surface area contributed by atoms with Crippen LogP contribution in [0.25, 0.3) is 11.1 Å². The van der Waals surface area contributed by atoms with Crippen molar-refractivity contribution in [3.8, 4) is 11.1 Å². The van der Waals surface area contributed by atoms with Gasteiger partial charge < -0.3 is 19.4 Å². The monoisotopic (exact) mass is 428 g/mol. The Bertz CT molecular complexity index is 1020. The van der Waals surface area contributed by atoms with E-state index in [4.69, 9.17) is 19.4 Å². The maximum atomic E-state index is 14.8. The quantitative estimate of drug-likeness (QED) is 0.711. The minimum absolute atomic E-state index is 0.0418. The molecule has 9 heteroatoms. The van der Waals surface area contributed by atoms with Crippen LogP contribution < -0.4 is 4.90 Å². The molecule has 1 N–H and O–H groups in total. The van der Waals surface area contributed by atoms with Gasteiger partial charge in [0.15, 0.2) is 12.2 Å². The van der Waals surface area contributed by atoms with Gasteiger partial charge >= 0.3 is 12.1 Å². The lowest BCUT2D eigenvalue weighted by Crippen LogP contribution is -2.26. The van der Waals surface area contributed by atoms with E-state index in [2.05, 4.69) is 5.16 Å². The smallest absolute Gasteiger partial charge is 0.414 e. The van der Waals surface area contributed by atoms with Gasteiger partial charge in [0.1, 0.15) is 12.4 Å². The van der Waals surface area contributed by atoms with Crippen molar-refractivity contribution in [3.63, 3.8) is 0 Å². The number of carbonyl (C=O) groups is 2. The summed E-state index contributed by atoms with van der Waals surface area (Å²) < 4.78 is 24.9. The topological polar surface area (TPSA) is 97.7 Å². The number of ether oxygens (including phenoxy) is 2. The zero-order valence-corrected chi connectivity index (χ0v) is 16.8. The molecular formula is C22H21FN2O6. The molecule has 1 fully saturated rings. The minimum Gasteiger partial charge on any atom is -0.462 e. The third-order valence-corrected chi connectivity index (χ3v) is 5.08. The highest BCUT2D eigenvalue weighted by atomic mass is 19.1. The third-order valence-electron chi connectivity index (χ3n) is 5.08. The van der Waals surface area contributed by atoms with E-state index in [-0.39, 0.29) is 25.9 Å². The molecule has 0 aromatic heterocycles. The van der Waals surface area contributed by atoms with Gasteiger partial charge in [-0.15, -0.1) is 0 Å². The van der Waals surface area contributed by atoms with Crippen LogP contribution in [0.5, 0.6) is 0 Å². The molecular weight excluding hydrogens is 407 g/mol. The number of benzene rings is 2. The van der Waals surface area contributed by atoms with Crippen molar-refractivity contribution in [2.75, 3.05) is 24.7 Å². The van der Waals surface area contributed by atoms with Crippen molar-refractivity contribution < 1.29 is 33.4 Å². The number of rotatable bonds is 6. The first-order valence-corrected chi connectivity index (χ1v) is 9.80. The van der Waals surface area contributed by atoms with Crippen LogP contribution in [0.4, 0.5) is 14.9 Å². The molecule has 162 valence electrons. The van der Waals surface area contributed by atoms with Crippen LogP contribution in [-0.2, 0) is 19.1 Å². The number of esters is 1. The number of amides is 1. The van der Waals surface area contributed by atoms with Crippen molar-refractivity contribution in [2.24, 2.45) is 5.16 Å². The Balaban J connectivity index is 1.47. The summed E-state index contributed by atoms with van der Waals surface area (Å²) in [5.41, 5.74) is 2.99. The molecule has 0 aliphatic carbocycles. The number of cyclic esters (lactones) is 1. The van der Waals surface area contributed by atoms with E-state index in [0.717, 1.165) is 11.3 Å². The summed E-state index contributed by atoms with van der Waals surface area (Å²) in [6, 6.07) is 11.7. The maximum absolute atomic E-state index is 14.8. The van der Waals surface area contributed by atoms with Crippen LogP contribution in [0, 0.1) is 5.82 Å². The fourth-order valence-electron chi connectivity index (χ4n) is 3.47. The Morgan fingerprint density at radius 2 is 1.97 bits per heavy atom. The molecule has 31 heavy (non-hydrogen) atoms. The first kappa shape index (κ1) is 20.8. The van der Waals surface area contributed by atoms with E-state index in [0.29, 0.717) is 23.2 Å². The van der Waals surface area contributed by atoms with Gasteiger partial charge in [-0.05, 0) is 29.3 Å². The first-order chi connectivity index (χ1) is 14.9. The summed E-state index contributed by atoms with van der Waals surface area (Å²) in [5.74, 6) is -0.944. The molecule has 0 bridgehead atoms. The standard InChI is InChI=1S/C22H21FN2O6/c1-13(27)29-12-18-10-25(22(28)30-18)16-6-7-19(20(23)8-16)14-2-4-15(5-3-14)21-9-17(11-26)31-24-21/h2-8,17-18,26H,9-12H2,1H3/t17?,18-/m1/s1. The molecule has 2 aromatic rings. The molecule has 2 heterocycles. The Morgan fingerprint density at radius 3 is 2.61 bits per heavy atom. The zero-order chi connectivity index (χ0) is 22.0. The number of aliphatic hydroxyl groups is 1. The molecule has 2 aliphatic heterocycles. The largest absolute Gasteiger partial charge is 0.462 e. The molecule has 0 radical (unpaired) electrons. The van der Waals surface area contributed by atoms with E-state index in [1.54, 1.807) is 24.3 Å². The second kappa shape index (κ2) is 8.73. The van der Waals surface area contributed by atoms with Crippen LogP contribution in [0.3, 0.4) is 0 Å². The summed E-state index contributed by atoms with van der Waals surface area (Å²) in [4.78, 5) is 29.5. The van der Waals surface area contributed by atoms with Crippen LogP contribution in [0.1, 0.15) is 18.9 Å². The SMILES string of the molecule is CC(=O)OC[C@H]1CN(c2ccc(-c3ccc(C4=NOC(CO)C4)cc3)c(F)c2)C(=O)O1. The number of halogens is 1. The van der Waals surface area contributed by atoms with Gasteiger partial charge in [-0.3, -0.25) is 9.69 Å². The van der Waals surface area contributed by atoms with Gasteiger partial charge in [0, 0.05) is 18.9 Å². The molecule has 1 amide bonds. The van der Waals surface area contributed by atoms with Crippen LogP contribution in [-0.4, -0.2) is 54.8 Å². The molecule has 2 aliphatic rings. The molecule has 1 unspecified atom stereocenters. The summed E-state index contributed by atoms with van der Waals surface area (Å²) in [6.45, 7) is 1.30. The summed E-state index contributed by atoms with van der Waals surface area (Å²) in [6.07, 6.45) is -1.02. The van der Waals surface area contributed by atoms with Crippen molar-refractivity contribution in [2.45, 2.75) is 25.6 Å².